The van der Waals surface area contributed by atoms with Crippen molar-refractivity contribution in [2.75, 3.05) is 7.11 Å². The molecule has 1 aromatic heterocycles. The number of hydrogen-bond acceptors (Lipinski definition) is 5. The van der Waals surface area contributed by atoms with Gasteiger partial charge in [0.1, 0.15) is 0 Å². The van der Waals surface area contributed by atoms with Gasteiger partial charge in [-0.25, -0.2) is 10.2 Å². The van der Waals surface area contributed by atoms with E-state index in [1.54, 1.807) is 6.08 Å². The molecule has 0 aliphatic heterocycles. The Morgan fingerprint density at radius 3 is 2.83 bits per heavy atom. The molecule has 0 aliphatic rings. The molecule has 2 amide bonds. The molecule has 0 saturated carbocycles. The molecule has 8 heteroatoms. The van der Waals surface area contributed by atoms with E-state index in [0.717, 1.165) is 4.88 Å². The van der Waals surface area contributed by atoms with E-state index in [1.165, 1.54) is 24.5 Å². The lowest BCUT2D eigenvalue weighted by Crippen LogP contribution is -2.48. The highest BCUT2D eigenvalue weighted by atomic mass is 32.1. The van der Waals surface area contributed by atoms with E-state index in [1.807, 2.05) is 17.5 Å². The molecule has 0 saturated heterocycles. The first-order valence-corrected chi connectivity index (χ1v) is 6.07. The summed E-state index contributed by atoms with van der Waals surface area (Å²) in [4.78, 5) is 23.1. The van der Waals surface area contributed by atoms with Crippen LogP contribution in [0.1, 0.15) is 4.88 Å². The number of ether oxygens (including phenoxy) is 1. The maximum atomic E-state index is 11.4. The molecule has 1 heterocycles. The van der Waals surface area contributed by atoms with E-state index in [4.69, 9.17) is 12.2 Å². The van der Waals surface area contributed by atoms with Crippen molar-refractivity contribution in [3.8, 4) is 0 Å². The van der Waals surface area contributed by atoms with Crippen LogP contribution in [-0.4, -0.2) is 24.2 Å². The first-order valence-electron chi connectivity index (χ1n) is 4.78. The largest absolute Gasteiger partial charge is 0.452 e. The number of rotatable bonds is 2. The lowest BCUT2D eigenvalue weighted by Gasteiger charge is -2.07. The minimum Gasteiger partial charge on any atom is -0.452 e. The van der Waals surface area contributed by atoms with Gasteiger partial charge in [-0.2, -0.15) is 0 Å². The summed E-state index contributed by atoms with van der Waals surface area (Å²) in [7, 11) is 1.21. The van der Waals surface area contributed by atoms with Gasteiger partial charge in [-0.1, -0.05) is 6.07 Å². The van der Waals surface area contributed by atoms with Crippen LogP contribution in [0.25, 0.3) is 6.08 Å². The molecule has 0 atom stereocenters. The van der Waals surface area contributed by atoms with Gasteiger partial charge in [-0.05, 0) is 29.7 Å². The number of nitrogens with one attached hydrogen (secondary N) is 3. The van der Waals surface area contributed by atoms with E-state index in [9.17, 15) is 9.59 Å². The van der Waals surface area contributed by atoms with Gasteiger partial charge in [-0.3, -0.25) is 15.5 Å². The van der Waals surface area contributed by atoms with Crippen molar-refractivity contribution in [3.63, 3.8) is 0 Å². The van der Waals surface area contributed by atoms with Crippen molar-refractivity contribution < 1.29 is 14.3 Å². The van der Waals surface area contributed by atoms with E-state index >= 15 is 0 Å². The summed E-state index contributed by atoms with van der Waals surface area (Å²) >= 11 is 6.28. The van der Waals surface area contributed by atoms with Gasteiger partial charge in [-0.15, -0.1) is 11.3 Å². The topological polar surface area (TPSA) is 79.5 Å². The number of carbonyl (C=O) groups is 2. The number of thiophene rings is 1. The Balaban J connectivity index is 2.31. The van der Waals surface area contributed by atoms with Crippen LogP contribution in [-0.2, 0) is 9.53 Å². The molecule has 0 bridgehead atoms. The summed E-state index contributed by atoms with van der Waals surface area (Å²) in [5.41, 5.74) is 4.42. The normalized spacial score (nSPS) is 9.83. The Kier molecular flexibility index (Phi) is 5.81. The Bertz CT molecular complexity index is 457. The van der Waals surface area contributed by atoms with E-state index in [0.29, 0.717) is 0 Å². The smallest absolute Gasteiger partial charge is 0.425 e. The Labute approximate surface area is 113 Å². The average molecular weight is 285 g/mol. The zero-order chi connectivity index (χ0) is 13.4. The van der Waals surface area contributed by atoms with Crippen LogP contribution in [0, 0.1) is 0 Å². The second kappa shape index (κ2) is 7.41. The number of thiocarbonyl (C=S) groups is 1. The van der Waals surface area contributed by atoms with Crippen molar-refractivity contribution >= 4 is 46.7 Å². The first kappa shape index (κ1) is 14.1. The molecule has 3 N–H and O–H groups in total. The van der Waals surface area contributed by atoms with Crippen LogP contribution >= 0.6 is 23.6 Å². The molecule has 96 valence electrons. The van der Waals surface area contributed by atoms with Crippen molar-refractivity contribution in [2.24, 2.45) is 0 Å². The third kappa shape index (κ3) is 5.41. The highest BCUT2D eigenvalue weighted by Gasteiger charge is 2.02. The predicted octanol–water partition coefficient (Wildman–Crippen LogP) is 1.02. The first-order chi connectivity index (χ1) is 8.61. The predicted molar refractivity (Wildman–Crippen MR) is 72.8 cm³/mol. The van der Waals surface area contributed by atoms with Gasteiger partial charge in [0.25, 0.3) is 0 Å². The average Bonchev–Trinajstić information content (AvgIpc) is 2.86. The van der Waals surface area contributed by atoms with E-state index in [2.05, 4.69) is 20.9 Å². The lowest BCUT2D eigenvalue weighted by atomic mass is 10.4. The minimum absolute atomic E-state index is 0.0266. The number of carbonyl (C=O) groups excluding carboxylic acids is 2. The van der Waals surface area contributed by atoms with Gasteiger partial charge in [0, 0.05) is 11.0 Å². The Morgan fingerprint density at radius 2 is 2.22 bits per heavy atom. The van der Waals surface area contributed by atoms with Gasteiger partial charge >= 0.3 is 6.09 Å². The number of methoxy groups -OCH3 is 1. The molecule has 0 fully saturated rings. The number of amides is 2. The third-order valence-corrected chi connectivity index (χ3v) is 2.68. The molecule has 0 unspecified atom stereocenters. The Hall–Kier alpha value is -1.93. The highest BCUT2D eigenvalue weighted by Crippen LogP contribution is 2.09. The van der Waals surface area contributed by atoms with Crippen molar-refractivity contribution in [2.45, 2.75) is 0 Å². The SMILES string of the molecule is COC(=O)NNC(=S)NC(=O)/C=C/c1cccs1. The lowest BCUT2D eigenvalue weighted by molar-refractivity contribution is -0.115. The summed E-state index contributed by atoms with van der Waals surface area (Å²) < 4.78 is 4.30. The van der Waals surface area contributed by atoms with Crippen LogP contribution < -0.4 is 16.2 Å². The maximum absolute atomic E-state index is 11.4. The van der Waals surface area contributed by atoms with Crippen LogP contribution in [0.4, 0.5) is 4.79 Å². The fourth-order valence-corrected chi connectivity index (χ4v) is 1.66. The minimum atomic E-state index is -0.708. The monoisotopic (exact) mass is 285 g/mol. The molecule has 1 rings (SSSR count). The van der Waals surface area contributed by atoms with Crippen LogP contribution in [0.15, 0.2) is 23.6 Å². The van der Waals surface area contributed by atoms with Crippen LogP contribution in [0.2, 0.25) is 0 Å². The number of hydrogen-bond donors (Lipinski definition) is 3. The van der Waals surface area contributed by atoms with Crippen LogP contribution in [0.5, 0.6) is 0 Å². The molecular weight excluding hydrogens is 274 g/mol. The van der Waals surface area contributed by atoms with Crippen LogP contribution in [0.3, 0.4) is 0 Å². The van der Waals surface area contributed by atoms with Gasteiger partial charge in [0.2, 0.25) is 5.91 Å². The fourth-order valence-electron chi connectivity index (χ4n) is 0.888. The quantitative estimate of drug-likeness (QED) is 0.429. The van der Waals surface area contributed by atoms with Crippen molar-refractivity contribution in [3.05, 3.63) is 28.5 Å². The van der Waals surface area contributed by atoms with Gasteiger partial charge in [0.15, 0.2) is 5.11 Å². The molecule has 6 nitrogen and oxygen atoms in total. The summed E-state index contributed by atoms with van der Waals surface area (Å²) in [6.07, 6.45) is 2.30. The second-order valence-electron chi connectivity index (χ2n) is 2.91. The molecular formula is C10H11N3O3S2. The van der Waals surface area contributed by atoms with E-state index in [-0.39, 0.29) is 5.11 Å². The van der Waals surface area contributed by atoms with Gasteiger partial charge in [0.05, 0.1) is 7.11 Å². The van der Waals surface area contributed by atoms with Gasteiger partial charge < -0.3 is 4.74 Å². The molecule has 1 aromatic rings. The fraction of sp³-hybridized carbons (Fsp3) is 0.100. The highest BCUT2D eigenvalue weighted by molar-refractivity contribution is 7.80. The summed E-state index contributed by atoms with van der Waals surface area (Å²) in [6, 6.07) is 3.76. The Morgan fingerprint density at radius 1 is 1.44 bits per heavy atom. The molecule has 0 aromatic carbocycles. The summed E-state index contributed by atoms with van der Waals surface area (Å²) in [5.74, 6) is -0.396. The standard InChI is InChI=1S/C10H11N3O3S2/c1-16-10(15)13-12-9(17)11-8(14)5-4-7-3-2-6-18-7/h2-6H,1H3,(H,13,15)(H2,11,12,14,17)/b5-4+. The molecule has 18 heavy (non-hydrogen) atoms. The number of hydrazine groups is 1. The zero-order valence-corrected chi connectivity index (χ0v) is 11.1. The molecule has 0 spiro atoms. The zero-order valence-electron chi connectivity index (χ0n) is 9.43. The summed E-state index contributed by atoms with van der Waals surface area (Å²) in [6.45, 7) is 0. The second-order valence-corrected chi connectivity index (χ2v) is 4.30. The van der Waals surface area contributed by atoms with Crippen molar-refractivity contribution in [1.82, 2.24) is 16.2 Å². The molecule has 0 radical (unpaired) electrons. The molecule has 0 aliphatic carbocycles. The van der Waals surface area contributed by atoms with Crippen molar-refractivity contribution in [1.29, 1.82) is 0 Å². The van der Waals surface area contributed by atoms with E-state index < -0.39 is 12.0 Å². The third-order valence-electron chi connectivity index (χ3n) is 1.64. The maximum Gasteiger partial charge on any atom is 0.425 e. The summed E-state index contributed by atoms with van der Waals surface area (Å²) in [5, 5.41) is 4.23.